The summed E-state index contributed by atoms with van der Waals surface area (Å²) < 4.78 is 27.1. The number of anilines is 2. The minimum atomic E-state index is -0.389. The van der Waals surface area contributed by atoms with Crippen LogP contribution in [0.5, 0.6) is 11.5 Å². The van der Waals surface area contributed by atoms with Gasteiger partial charge in [-0.1, -0.05) is 12.1 Å². The van der Waals surface area contributed by atoms with Gasteiger partial charge in [-0.15, -0.1) is 15.3 Å². The Morgan fingerprint density at radius 1 is 1.00 bits per heavy atom. The molecule has 0 saturated carbocycles. The summed E-state index contributed by atoms with van der Waals surface area (Å²) in [5, 5.41) is 15.8. The van der Waals surface area contributed by atoms with Crippen molar-refractivity contribution in [2.75, 3.05) is 19.5 Å². The quantitative estimate of drug-likeness (QED) is 0.490. The van der Waals surface area contributed by atoms with Crippen molar-refractivity contribution in [2.24, 2.45) is 0 Å². The number of halogens is 2. The molecule has 0 unspecified atom stereocenters. The molecule has 0 radical (unpaired) electrons. The number of hydrogen-bond acceptors (Lipinski definition) is 6. The molecule has 0 amide bonds. The molecule has 0 saturated heterocycles. The highest BCUT2D eigenvalue weighted by Crippen LogP contribution is 2.38. The van der Waals surface area contributed by atoms with E-state index in [1.807, 2.05) is 12.1 Å². The number of aromatic nitrogens is 4. The standard InChI is InChI=1S/C19H15BrFN5O2/c1-27-14-9-11(10-15(28-2)18(14)20)22-16-7-8-17-23-24-19(26(17)25-16)12-5-3-4-6-13(12)21/h3-10H,1-2H3,(H,22,25). The van der Waals surface area contributed by atoms with Crippen LogP contribution in [-0.2, 0) is 0 Å². The van der Waals surface area contributed by atoms with Crippen molar-refractivity contribution in [1.82, 2.24) is 19.8 Å². The van der Waals surface area contributed by atoms with E-state index in [0.29, 0.717) is 44.5 Å². The molecule has 0 bridgehead atoms. The Morgan fingerprint density at radius 3 is 2.39 bits per heavy atom. The van der Waals surface area contributed by atoms with Gasteiger partial charge in [-0.2, -0.15) is 4.52 Å². The van der Waals surface area contributed by atoms with Crippen LogP contribution in [-0.4, -0.2) is 34.0 Å². The number of fused-ring (bicyclic) bond motifs is 1. The third-order valence-electron chi connectivity index (χ3n) is 4.10. The van der Waals surface area contributed by atoms with Gasteiger partial charge in [0.1, 0.15) is 21.8 Å². The Balaban J connectivity index is 1.75. The first-order valence-corrected chi connectivity index (χ1v) is 9.06. The highest BCUT2D eigenvalue weighted by atomic mass is 79.9. The van der Waals surface area contributed by atoms with Gasteiger partial charge in [0.15, 0.2) is 17.3 Å². The van der Waals surface area contributed by atoms with Gasteiger partial charge < -0.3 is 14.8 Å². The second kappa shape index (κ2) is 7.43. The molecule has 2 aromatic heterocycles. The Labute approximate surface area is 168 Å². The summed E-state index contributed by atoms with van der Waals surface area (Å²) >= 11 is 3.44. The molecule has 9 heteroatoms. The Kier molecular flexibility index (Phi) is 4.82. The highest BCUT2D eigenvalue weighted by Gasteiger charge is 2.14. The molecular formula is C19H15BrFN5O2. The van der Waals surface area contributed by atoms with Gasteiger partial charge in [-0.3, -0.25) is 0 Å². The monoisotopic (exact) mass is 443 g/mol. The molecule has 0 spiro atoms. The maximum absolute atomic E-state index is 14.2. The number of nitrogens with one attached hydrogen (secondary N) is 1. The fourth-order valence-electron chi connectivity index (χ4n) is 2.76. The summed E-state index contributed by atoms with van der Waals surface area (Å²) in [6.45, 7) is 0. The SMILES string of the molecule is COc1cc(Nc2ccc3nnc(-c4ccccc4F)n3n2)cc(OC)c1Br. The second-order valence-electron chi connectivity index (χ2n) is 5.81. The van der Waals surface area contributed by atoms with Gasteiger partial charge in [0, 0.05) is 17.8 Å². The van der Waals surface area contributed by atoms with E-state index in [2.05, 4.69) is 36.5 Å². The van der Waals surface area contributed by atoms with E-state index in [9.17, 15) is 4.39 Å². The largest absolute Gasteiger partial charge is 0.495 e. The van der Waals surface area contributed by atoms with Crippen molar-refractivity contribution in [1.29, 1.82) is 0 Å². The zero-order valence-corrected chi connectivity index (χ0v) is 16.6. The number of hydrogen-bond donors (Lipinski definition) is 1. The third-order valence-corrected chi connectivity index (χ3v) is 4.88. The van der Waals surface area contributed by atoms with E-state index in [0.717, 1.165) is 0 Å². The lowest BCUT2D eigenvalue weighted by atomic mass is 10.2. The van der Waals surface area contributed by atoms with Gasteiger partial charge in [0.2, 0.25) is 0 Å². The van der Waals surface area contributed by atoms with E-state index >= 15 is 0 Å². The van der Waals surface area contributed by atoms with Gasteiger partial charge >= 0.3 is 0 Å². The minimum Gasteiger partial charge on any atom is -0.495 e. The number of benzene rings is 2. The molecule has 0 aliphatic heterocycles. The molecule has 0 fully saturated rings. The van der Waals surface area contributed by atoms with Crippen LogP contribution in [0.25, 0.3) is 17.0 Å². The molecule has 0 aliphatic carbocycles. The Hall–Kier alpha value is -3.20. The van der Waals surface area contributed by atoms with Crippen LogP contribution in [0, 0.1) is 5.82 Å². The van der Waals surface area contributed by atoms with E-state index in [4.69, 9.17) is 9.47 Å². The molecule has 28 heavy (non-hydrogen) atoms. The summed E-state index contributed by atoms with van der Waals surface area (Å²) in [5.41, 5.74) is 1.55. The van der Waals surface area contributed by atoms with Crippen molar-refractivity contribution >= 4 is 33.1 Å². The van der Waals surface area contributed by atoms with Crippen LogP contribution in [0.4, 0.5) is 15.9 Å². The smallest absolute Gasteiger partial charge is 0.188 e. The van der Waals surface area contributed by atoms with Crippen molar-refractivity contribution in [2.45, 2.75) is 0 Å². The average Bonchev–Trinajstić information content (AvgIpc) is 3.12. The number of rotatable bonds is 5. The van der Waals surface area contributed by atoms with Crippen LogP contribution in [0.2, 0.25) is 0 Å². The molecule has 0 atom stereocenters. The number of nitrogens with zero attached hydrogens (tertiary/aromatic N) is 4. The fraction of sp³-hybridized carbons (Fsp3) is 0.105. The fourth-order valence-corrected chi connectivity index (χ4v) is 3.31. The number of methoxy groups -OCH3 is 2. The lowest BCUT2D eigenvalue weighted by Gasteiger charge is -2.13. The van der Waals surface area contributed by atoms with Crippen LogP contribution >= 0.6 is 15.9 Å². The van der Waals surface area contributed by atoms with Crippen LogP contribution in [0.3, 0.4) is 0 Å². The molecule has 142 valence electrons. The van der Waals surface area contributed by atoms with Gasteiger partial charge in [0.25, 0.3) is 0 Å². The van der Waals surface area contributed by atoms with E-state index in [1.165, 1.54) is 10.6 Å². The summed E-state index contributed by atoms with van der Waals surface area (Å²) in [5.74, 6) is 1.68. The normalized spacial score (nSPS) is 10.9. The van der Waals surface area contributed by atoms with E-state index < -0.39 is 0 Å². The molecule has 2 heterocycles. The summed E-state index contributed by atoms with van der Waals surface area (Å²) in [7, 11) is 3.15. The zero-order valence-electron chi connectivity index (χ0n) is 15.0. The molecule has 4 rings (SSSR count). The van der Waals surface area contributed by atoms with Crippen molar-refractivity contribution in [3.05, 3.63) is 58.8 Å². The summed E-state index contributed by atoms with van der Waals surface area (Å²) in [6.07, 6.45) is 0. The lowest BCUT2D eigenvalue weighted by Crippen LogP contribution is -2.02. The van der Waals surface area contributed by atoms with Crippen LogP contribution < -0.4 is 14.8 Å². The first-order chi connectivity index (χ1) is 13.6. The van der Waals surface area contributed by atoms with Crippen molar-refractivity contribution in [3.8, 4) is 22.9 Å². The predicted octanol–water partition coefficient (Wildman–Crippen LogP) is 4.45. The molecule has 7 nitrogen and oxygen atoms in total. The molecule has 0 aliphatic rings. The minimum absolute atomic E-state index is 0.322. The lowest BCUT2D eigenvalue weighted by molar-refractivity contribution is 0.390. The third kappa shape index (κ3) is 3.24. The average molecular weight is 444 g/mol. The Bertz CT molecular complexity index is 1140. The van der Waals surface area contributed by atoms with Crippen LogP contribution in [0.1, 0.15) is 0 Å². The Morgan fingerprint density at radius 2 is 1.71 bits per heavy atom. The van der Waals surface area contributed by atoms with Crippen molar-refractivity contribution in [3.63, 3.8) is 0 Å². The predicted molar refractivity (Wildman–Crippen MR) is 107 cm³/mol. The van der Waals surface area contributed by atoms with Gasteiger partial charge in [-0.05, 0) is 40.2 Å². The topological polar surface area (TPSA) is 73.6 Å². The van der Waals surface area contributed by atoms with Gasteiger partial charge in [0.05, 0.1) is 19.8 Å². The molecular weight excluding hydrogens is 429 g/mol. The van der Waals surface area contributed by atoms with Crippen molar-refractivity contribution < 1.29 is 13.9 Å². The first-order valence-electron chi connectivity index (χ1n) is 8.26. The molecule has 2 aromatic carbocycles. The van der Waals surface area contributed by atoms with Gasteiger partial charge in [-0.25, -0.2) is 4.39 Å². The summed E-state index contributed by atoms with van der Waals surface area (Å²) in [6, 6.07) is 13.5. The van der Waals surface area contributed by atoms with Crippen LogP contribution in [0.15, 0.2) is 53.0 Å². The maximum atomic E-state index is 14.2. The van der Waals surface area contributed by atoms with E-state index in [1.54, 1.807) is 44.6 Å². The maximum Gasteiger partial charge on any atom is 0.188 e. The first kappa shape index (κ1) is 18.2. The number of ether oxygens (including phenoxy) is 2. The molecule has 4 aromatic rings. The zero-order chi connectivity index (χ0) is 19.7. The summed E-state index contributed by atoms with van der Waals surface area (Å²) in [4.78, 5) is 0. The van der Waals surface area contributed by atoms with E-state index in [-0.39, 0.29) is 5.82 Å². The highest BCUT2D eigenvalue weighted by molar-refractivity contribution is 9.10. The molecule has 1 N–H and O–H groups in total. The second-order valence-corrected chi connectivity index (χ2v) is 6.60.